The molecule has 0 fully saturated rings. The summed E-state index contributed by atoms with van der Waals surface area (Å²) >= 11 is 0. The van der Waals surface area contributed by atoms with E-state index in [1.165, 1.54) is 18.3 Å². The number of benzene rings is 1. The van der Waals surface area contributed by atoms with Gasteiger partial charge < -0.3 is 29.6 Å². The van der Waals surface area contributed by atoms with Crippen molar-refractivity contribution in [1.29, 1.82) is 0 Å². The summed E-state index contributed by atoms with van der Waals surface area (Å²) in [6.07, 6.45) is 1.90. The predicted molar refractivity (Wildman–Crippen MR) is 90.5 cm³/mol. The van der Waals surface area contributed by atoms with Gasteiger partial charge in [0.15, 0.2) is 18.1 Å². The van der Waals surface area contributed by atoms with Gasteiger partial charge in [0.2, 0.25) is 5.75 Å². The van der Waals surface area contributed by atoms with Crippen LogP contribution in [0.2, 0.25) is 0 Å². The van der Waals surface area contributed by atoms with Crippen LogP contribution in [0.4, 0.5) is 5.82 Å². The van der Waals surface area contributed by atoms with Crippen LogP contribution in [-0.2, 0) is 11.2 Å². The van der Waals surface area contributed by atoms with Crippen molar-refractivity contribution >= 4 is 11.7 Å². The zero-order valence-electron chi connectivity index (χ0n) is 13.8. The van der Waals surface area contributed by atoms with Crippen molar-refractivity contribution in [2.24, 2.45) is 0 Å². The molecule has 1 aromatic carbocycles. The van der Waals surface area contributed by atoms with Gasteiger partial charge in [-0.3, -0.25) is 4.79 Å². The minimum atomic E-state index is -0.658. The minimum Gasteiger partial charge on any atom is -0.486 e. The summed E-state index contributed by atoms with van der Waals surface area (Å²) in [7, 11) is 0. The first-order valence-corrected chi connectivity index (χ1v) is 8.01. The highest BCUT2D eigenvalue weighted by Crippen LogP contribution is 2.30. The second-order valence-electron chi connectivity index (χ2n) is 5.45. The number of amides is 1. The van der Waals surface area contributed by atoms with E-state index >= 15 is 0 Å². The Morgan fingerprint density at radius 2 is 2.08 bits per heavy atom. The van der Waals surface area contributed by atoms with Crippen LogP contribution in [-0.4, -0.2) is 42.2 Å². The lowest BCUT2D eigenvalue weighted by atomic mass is 10.1. The molecule has 9 heteroatoms. The predicted octanol–water partition coefficient (Wildman–Crippen LogP) is 1.50. The lowest BCUT2D eigenvalue weighted by Crippen LogP contribution is -2.30. The van der Waals surface area contributed by atoms with E-state index < -0.39 is 10.7 Å². The fourth-order valence-corrected chi connectivity index (χ4v) is 2.42. The summed E-state index contributed by atoms with van der Waals surface area (Å²) in [5.74, 6) is 0.583. The van der Waals surface area contributed by atoms with Gasteiger partial charge in [-0.25, -0.2) is 0 Å². The highest BCUT2D eigenvalue weighted by atomic mass is 16.6. The molecule has 0 saturated carbocycles. The second kappa shape index (κ2) is 8.15. The Hall–Kier alpha value is -3.36. The largest absolute Gasteiger partial charge is 0.486 e. The zero-order chi connectivity index (χ0) is 18.4. The third-order valence-corrected chi connectivity index (χ3v) is 3.63. The van der Waals surface area contributed by atoms with E-state index in [1.54, 1.807) is 0 Å². The first kappa shape index (κ1) is 17.5. The number of rotatable bonds is 7. The molecule has 0 aliphatic carbocycles. The molecule has 3 rings (SSSR count). The number of aromatic nitrogens is 1. The highest BCUT2D eigenvalue weighted by Gasteiger charge is 2.16. The Morgan fingerprint density at radius 1 is 1.27 bits per heavy atom. The maximum atomic E-state index is 11.8. The molecule has 1 aliphatic rings. The number of hydrogen-bond donors (Lipinski definition) is 1. The Bertz CT molecular complexity index is 811. The smallest absolute Gasteiger partial charge is 0.406 e. The Labute approximate surface area is 149 Å². The van der Waals surface area contributed by atoms with Gasteiger partial charge in [0.1, 0.15) is 19.4 Å². The topological polar surface area (TPSA) is 113 Å². The van der Waals surface area contributed by atoms with Crippen LogP contribution in [0, 0.1) is 10.1 Å². The van der Waals surface area contributed by atoms with Crippen molar-refractivity contribution in [1.82, 2.24) is 10.3 Å². The molecule has 26 heavy (non-hydrogen) atoms. The standard InChI is InChI=1S/C17H17N3O6/c21-16(11-26-14-2-1-6-19-17(14)20(22)23)18-7-5-12-3-4-13-15(10-12)25-9-8-24-13/h1-4,6,10H,5,7-9,11H2,(H,18,21). The van der Waals surface area contributed by atoms with Gasteiger partial charge in [0.05, 0.1) is 0 Å². The van der Waals surface area contributed by atoms with Crippen LogP contribution in [0.15, 0.2) is 36.5 Å². The summed E-state index contributed by atoms with van der Waals surface area (Å²) in [6, 6.07) is 8.54. The molecule has 2 aromatic rings. The van der Waals surface area contributed by atoms with Crippen molar-refractivity contribution in [3.05, 3.63) is 52.2 Å². The monoisotopic (exact) mass is 359 g/mol. The van der Waals surface area contributed by atoms with E-state index in [0.29, 0.717) is 31.9 Å². The van der Waals surface area contributed by atoms with Gasteiger partial charge >= 0.3 is 5.82 Å². The maximum absolute atomic E-state index is 11.8. The molecular formula is C17H17N3O6. The van der Waals surface area contributed by atoms with Crippen molar-refractivity contribution in [3.63, 3.8) is 0 Å². The number of hydrogen-bond acceptors (Lipinski definition) is 7. The summed E-state index contributed by atoms with van der Waals surface area (Å²) in [6.45, 7) is 1.13. The Morgan fingerprint density at radius 3 is 2.88 bits per heavy atom. The molecule has 0 atom stereocenters. The zero-order valence-corrected chi connectivity index (χ0v) is 13.8. The van der Waals surface area contributed by atoms with Gasteiger partial charge in [0.25, 0.3) is 5.91 Å². The fraction of sp³-hybridized carbons (Fsp3) is 0.294. The molecule has 0 spiro atoms. The Balaban J connectivity index is 1.45. The van der Waals surface area contributed by atoms with E-state index in [1.807, 2.05) is 18.2 Å². The van der Waals surface area contributed by atoms with Crippen LogP contribution in [0.1, 0.15) is 5.56 Å². The number of nitrogens with one attached hydrogen (secondary N) is 1. The lowest BCUT2D eigenvalue weighted by Gasteiger charge is -2.18. The van der Waals surface area contributed by atoms with Gasteiger partial charge in [-0.2, -0.15) is 0 Å². The molecule has 0 radical (unpaired) electrons. The molecule has 9 nitrogen and oxygen atoms in total. The molecule has 136 valence electrons. The van der Waals surface area contributed by atoms with E-state index in [9.17, 15) is 14.9 Å². The van der Waals surface area contributed by atoms with Crippen LogP contribution in [0.3, 0.4) is 0 Å². The molecular weight excluding hydrogens is 342 g/mol. The quantitative estimate of drug-likeness (QED) is 0.589. The summed E-state index contributed by atoms with van der Waals surface area (Å²) in [5, 5.41) is 13.5. The van der Waals surface area contributed by atoms with E-state index in [-0.39, 0.29) is 18.3 Å². The van der Waals surface area contributed by atoms with Crippen LogP contribution >= 0.6 is 0 Å². The van der Waals surface area contributed by atoms with E-state index in [4.69, 9.17) is 14.2 Å². The molecule has 1 aliphatic heterocycles. The number of nitrogens with zero attached hydrogens (tertiary/aromatic N) is 2. The average Bonchev–Trinajstić information content (AvgIpc) is 2.66. The summed E-state index contributed by atoms with van der Waals surface area (Å²) in [5.41, 5.74) is 0.998. The van der Waals surface area contributed by atoms with Gasteiger partial charge in [-0.15, -0.1) is 0 Å². The molecule has 0 saturated heterocycles. The average molecular weight is 359 g/mol. The molecule has 2 heterocycles. The maximum Gasteiger partial charge on any atom is 0.406 e. The third-order valence-electron chi connectivity index (χ3n) is 3.63. The van der Waals surface area contributed by atoms with Crippen LogP contribution < -0.4 is 19.5 Å². The lowest BCUT2D eigenvalue weighted by molar-refractivity contribution is -0.390. The van der Waals surface area contributed by atoms with Crippen molar-refractivity contribution in [2.45, 2.75) is 6.42 Å². The summed E-state index contributed by atoms with van der Waals surface area (Å²) < 4.78 is 16.2. The number of pyridine rings is 1. The SMILES string of the molecule is O=C(COc1cccnc1[N+](=O)[O-])NCCc1ccc2c(c1)OCCO2. The van der Waals surface area contributed by atoms with E-state index in [0.717, 1.165) is 11.3 Å². The summed E-state index contributed by atoms with van der Waals surface area (Å²) in [4.78, 5) is 25.6. The number of fused-ring (bicyclic) bond motifs is 1. The second-order valence-corrected chi connectivity index (χ2v) is 5.45. The highest BCUT2D eigenvalue weighted by molar-refractivity contribution is 5.77. The van der Waals surface area contributed by atoms with Crippen LogP contribution in [0.25, 0.3) is 0 Å². The number of carbonyl (C=O) groups is 1. The van der Waals surface area contributed by atoms with Crippen LogP contribution in [0.5, 0.6) is 17.2 Å². The number of nitro groups is 1. The number of ether oxygens (including phenoxy) is 3. The van der Waals surface area contributed by atoms with Gasteiger partial charge in [-0.1, -0.05) is 6.07 Å². The molecule has 1 aromatic heterocycles. The first-order chi connectivity index (χ1) is 12.6. The van der Waals surface area contributed by atoms with Crippen molar-refractivity contribution in [2.75, 3.05) is 26.4 Å². The van der Waals surface area contributed by atoms with Gasteiger partial charge in [0, 0.05) is 6.54 Å². The van der Waals surface area contributed by atoms with Crippen molar-refractivity contribution < 1.29 is 23.9 Å². The van der Waals surface area contributed by atoms with Crippen molar-refractivity contribution in [3.8, 4) is 17.2 Å². The third kappa shape index (κ3) is 4.38. The van der Waals surface area contributed by atoms with E-state index in [2.05, 4.69) is 10.3 Å². The van der Waals surface area contributed by atoms with Gasteiger partial charge in [-0.05, 0) is 46.2 Å². The fourth-order valence-electron chi connectivity index (χ4n) is 2.42. The molecule has 1 amide bonds. The molecule has 1 N–H and O–H groups in total. The Kier molecular flexibility index (Phi) is 5.47. The molecule has 0 unspecified atom stereocenters. The minimum absolute atomic E-state index is 0.0421. The number of carbonyl (C=O) groups excluding carboxylic acids is 1. The normalized spacial score (nSPS) is 12.3. The first-order valence-electron chi connectivity index (χ1n) is 8.01. The molecule has 0 bridgehead atoms.